The molecule has 0 saturated carbocycles. The van der Waals surface area contributed by atoms with E-state index in [2.05, 4.69) is 9.80 Å². The molecule has 3 heterocycles. The molecule has 154 valence electrons. The average molecular weight is 434 g/mol. The number of nitrogens with zero attached hydrogens (tertiary/aromatic N) is 3. The third-order valence-electron chi connectivity index (χ3n) is 6.02. The summed E-state index contributed by atoms with van der Waals surface area (Å²) in [6.45, 7) is 3.44. The summed E-state index contributed by atoms with van der Waals surface area (Å²) >= 11 is 6.04. The number of sulfonamides is 1. The SMILES string of the molecule is O=S(=O)(c1ccc2c(c1)N(Cc1ccc(Cl)cc1)[C@H]1CCCN21)N1CCOCC1. The summed E-state index contributed by atoms with van der Waals surface area (Å²) in [5.74, 6) is 0. The normalized spacial score (nSPS) is 22.0. The van der Waals surface area contributed by atoms with E-state index >= 15 is 0 Å². The molecule has 2 aromatic rings. The van der Waals surface area contributed by atoms with Gasteiger partial charge in [0.05, 0.1) is 29.5 Å². The Labute approximate surface area is 176 Å². The van der Waals surface area contributed by atoms with Crippen LogP contribution in [0.25, 0.3) is 0 Å². The molecule has 0 radical (unpaired) electrons. The van der Waals surface area contributed by atoms with Gasteiger partial charge in [0.25, 0.3) is 0 Å². The third-order valence-corrected chi connectivity index (χ3v) is 8.17. The zero-order chi connectivity index (χ0) is 20.0. The molecule has 29 heavy (non-hydrogen) atoms. The van der Waals surface area contributed by atoms with Gasteiger partial charge in [0.2, 0.25) is 10.0 Å². The summed E-state index contributed by atoms with van der Waals surface area (Å²) in [7, 11) is -3.52. The summed E-state index contributed by atoms with van der Waals surface area (Å²) in [4.78, 5) is 5.10. The standard InChI is InChI=1S/C21H24ClN3O3S/c22-17-5-3-16(4-6-17)15-25-20-14-18(29(26,27)23-10-12-28-13-11-23)7-8-19(20)24-9-1-2-21(24)25/h3-8,14,21H,1-2,9-13,15H2/t21-/m0/s1. The number of hydrogen-bond acceptors (Lipinski definition) is 5. The topological polar surface area (TPSA) is 53.1 Å². The van der Waals surface area contributed by atoms with Crippen LogP contribution >= 0.6 is 11.6 Å². The van der Waals surface area contributed by atoms with Crippen molar-refractivity contribution in [1.29, 1.82) is 0 Å². The number of morpholine rings is 1. The smallest absolute Gasteiger partial charge is 0.243 e. The predicted octanol–water partition coefficient (Wildman–Crippen LogP) is 3.31. The monoisotopic (exact) mass is 433 g/mol. The van der Waals surface area contributed by atoms with Crippen molar-refractivity contribution in [2.75, 3.05) is 42.6 Å². The van der Waals surface area contributed by atoms with E-state index in [9.17, 15) is 8.42 Å². The molecular weight excluding hydrogens is 410 g/mol. The van der Waals surface area contributed by atoms with Gasteiger partial charge in [-0.2, -0.15) is 4.31 Å². The molecule has 0 aliphatic carbocycles. The van der Waals surface area contributed by atoms with Gasteiger partial charge in [0, 0.05) is 31.2 Å². The van der Waals surface area contributed by atoms with Crippen LogP contribution in [-0.2, 0) is 21.3 Å². The van der Waals surface area contributed by atoms with E-state index in [1.807, 2.05) is 36.4 Å². The zero-order valence-electron chi connectivity index (χ0n) is 16.1. The van der Waals surface area contributed by atoms with E-state index in [1.54, 1.807) is 6.07 Å². The van der Waals surface area contributed by atoms with Gasteiger partial charge in [-0.25, -0.2) is 8.42 Å². The number of anilines is 2. The second-order valence-corrected chi connectivity index (χ2v) is 10.1. The Hall–Kier alpha value is -1.80. The number of hydrogen-bond donors (Lipinski definition) is 0. The van der Waals surface area contributed by atoms with E-state index in [1.165, 1.54) is 4.31 Å². The second kappa shape index (κ2) is 7.47. The lowest BCUT2D eigenvalue weighted by Crippen LogP contribution is -2.40. The van der Waals surface area contributed by atoms with Gasteiger partial charge >= 0.3 is 0 Å². The number of ether oxygens (including phenoxy) is 1. The van der Waals surface area contributed by atoms with Gasteiger partial charge in [-0.1, -0.05) is 23.7 Å². The molecule has 0 spiro atoms. The Balaban J connectivity index is 1.50. The highest BCUT2D eigenvalue weighted by Crippen LogP contribution is 2.45. The Morgan fingerprint density at radius 2 is 1.76 bits per heavy atom. The van der Waals surface area contributed by atoms with E-state index in [0.717, 1.165) is 47.9 Å². The Kier molecular flexibility index (Phi) is 4.94. The second-order valence-electron chi connectivity index (χ2n) is 7.74. The molecule has 6 nitrogen and oxygen atoms in total. The van der Waals surface area contributed by atoms with Crippen molar-refractivity contribution < 1.29 is 13.2 Å². The highest BCUT2D eigenvalue weighted by molar-refractivity contribution is 7.89. The minimum Gasteiger partial charge on any atom is -0.379 e. The van der Waals surface area contributed by atoms with Crippen LogP contribution in [0.4, 0.5) is 11.4 Å². The molecule has 2 fully saturated rings. The number of fused-ring (bicyclic) bond motifs is 3. The number of halogens is 1. The molecule has 1 atom stereocenters. The van der Waals surface area contributed by atoms with E-state index < -0.39 is 10.0 Å². The van der Waals surface area contributed by atoms with Crippen LogP contribution in [0, 0.1) is 0 Å². The van der Waals surface area contributed by atoms with Crippen LogP contribution in [0.2, 0.25) is 5.02 Å². The fourth-order valence-corrected chi connectivity index (χ4v) is 6.12. The molecule has 0 amide bonds. The van der Waals surface area contributed by atoms with E-state index in [-0.39, 0.29) is 6.17 Å². The summed E-state index contributed by atoms with van der Waals surface area (Å²) < 4.78 is 33.2. The quantitative estimate of drug-likeness (QED) is 0.740. The molecule has 0 bridgehead atoms. The molecule has 0 N–H and O–H groups in total. The predicted molar refractivity (Wildman–Crippen MR) is 114 cm³/mol. The van der Waals surface area contributed by atoms with Crippen molar-refractivity contribution in [3.05, 3.63) is 53.1 Å². The average Bonchev–Trinajstić information content (AvgIpc) is 3.32. The Morgan fingerprint density at radius 3 is 2.52 bits per heavy atom. The first kappa shape index (κ1) is 19.2. The Bertz CT molecular complexity index is 1010. The highest BCUT2D eigenvalue weighted by Gasteiger charge is 2.40. The molecule has 8 heteroatoms. The molecule has 0 unspecified atom stereocenters. The lowest BCUT2D eigenvalue weighted by molar-refractivity contribution is 0.0730. The molecule has 3 aliphatic rings. The molecular formula is C21H24ClN3O3S. The van der Waals surface area contributed by atoms with Gasteiger partial charge < -0.3 is 14.5 Å². The fraction of sp³-hybridized carbons (Fsp3) is 0.429. The van der Waals surface area contributed by atoms with Crippen molar-refractivity contribution in [3.8, 4) is 0 Å². The number of benzene rings is 2. The molecule has 3 aliphatic heterocycles. The van der Waals surface area contributed by atoms with Gasteiger partial charge in [-0.05, 0) is 48.7 Å². The zero-order valence-corrected chi connectivity index (χ0v) is 17.7. The van der Waals surface area contributed by atoms with E-state index in [0.29, 0.717) is 31.2 Å². The van der Waals surface area contributed by atoms with Gasteiger partial charge in [0.1, 0.15) is 6.17 Å². The van der Waals surface area contributed by atoms with Crippen molar-refractivity contribution in [2.24, 2.45) is 0 Å². The maximum absolute atomic E-state index is 13.2. The summed E-state index contributed by atoms with van der Waals surface area (Å²) in [6, 6.07) is 13.5. The van der Waals surface area contributed by atoms with E-state index in [4.69, 9.17) is 16.3 Å². The molecule has 2 saturated heterocycles. The largest absolute Gasteiger partial charge is 0.379 e. The first-order valence-electron chi connectivity index (χ1n) is 10.0. The van der Waals surface area contributed by atoms with Crippen LogP contribution in [0.3, 0.4) is 0 Å². The molecule has 5 rings (SSSR count). The van der Waals surface area contributed by atoms with Crippen molar-refractivity contribution in [1.82, 2.24) is 4.31 Å². The maximum atomic E-state index is 13.2. The van der Waals surface area contributed by atoms with Crippen LogP contribution in [0.1, 0.15) is 18.4 Å². The third kappa shape index (κ3) is 3.40. The van der Waals surface area contributed by atoms with Crippen LogP contribution in [0.15, 0.2) is 47.4 Å². The lowest BCUT2D eigenvalue weighted by Gasteiger charge is -2.28. The van der Waals surface area contributed by atoms with Crippen LogP contribution < -0.4 is 9.80 Å². The summed E-state index contributed by atoms with van der Waals surface area (Å²) in [6.07, 6.45) is 2.50. The molecule has 0 aromatic heterocycles. The van der Waals surface area contributed by atoms with Crippen LogP contribution in [-0.4, -0.2) is 51.7 Å². The van der Waals surface area contributed by atoms with Gasteiger partial charge in [-0.15, -0.1) is 0 Å². The van der Waals surface area contributed by atoms with Crippen LogP contribution in [0.5, 0.6) is 0 Å². The van der Waals surface area contributed by atoms with Crippen molar-refractivity contribution in [2.45, 2.75) is 30.4 Å². The minimum absolute atomic E-state index is 0.280. The summed E-state index contributed by atoms with van der Waals surface area (Å²) in [5.41, 5.74) is 3.29. The highest BCUT2D eigenvalue weighted by atomic mass is 35.5. The van der Waals surface area contributed by atoms with Crippen molar-refractivity contribution in [3.63, 3.8) is 0 Å². The van der Waals surface area contributed by atoms with Gasteiger partial charge in [0.15, 0.2) is 0 Å². The lowest BCUT2D eigenvalue weighted by atomic mass is 10.1. The Morgan fingerprint density at radius 1 is 1.00 bits per heavy atom. The maximum Gasteiger partial charge on any atom is 0.243 e. The fourth-order valence-electron chi connectivity index (χ4n) is 4.56. The molecule has 2 aromatic carbocycles. The summed E-state index contributed by atoms with van der Waals surface area (Å²) in [5, 5.41) is 0.719. The van der Waals surface area contributed by atoms with Crippen molar-refractivity contribution >= 4 is 33.0 Å². The number of rotatable bonds is 4. The first-order chi connectivity index (χ1) is 14.0. The first-order valence-corrected chi connectivity index (χ1v) is 11.9. The minimum atomic E-state index is -3.52. The van der Waals surface area contributed by atoms with Gasteiger partial charge in [-0.3, -0.25) is 0 Å².